The van der Waals surface area contributed by atoms with Crippen molar-refractivity contribution in [2.75, 3.05) is 5.32 Å². The summed E-state index contributed by atoms with van der Waals surface area (Å²) in [6.07, 6.45) is 0.324. The molecule has 5 nitrogen and oxygen atoms in total. The fourth-order valence-electron chi connectivity index (χ4n) is 5.22. The third-order valence-corrected chi connectivity index (χ3v) is 6.76. The number of amides is 1. The van der Waals surface area contributed by atoms with Crippen molar-refractivity contribution in [1.82, 2.24) is 5.32 Å². The van der Waals surface area contributed by atoms with E-state index in [0.29, 0.717) is 6.42 Å². The van der Waals surface area contributed by atoms with Gasteiger partial charge in [0.25, 0.3) is 0 Å². The third-order valence-electron chi connectivity index (χ3n) is 6.25. The molecule has 1 saturated heterocycles. The second-order valence-electron chi connectivity index (χ2n) is 9.55. The van der Waals surface area contributed by atoms with E-state index in [1.165, 1.54) is 24.3 Å². The van der Waals surface area contributed by atoms with E-state index in [9.17, 15) is 14.7 Å². The maximum atomic E-state index is 15.5. The molecule has 0 aliphatic carbocycles. The van der Waals surface area contributed by atoms with E-state index >= 15 is 8.78 Å². The van der Waals surface area contributed by atoms with Gasteiger partial charge < -0.3 is 10.4 Å². The number of fused-ring (bicyclic) bond motifs is 2. The molecule has 1 unspecified atom stereocenters. The minimum Gasteiger partial charge on any atom is -0.480 e. The fraction of sp³-hybridized carbons (Fsp3) is 0.391. The van der Waals surface area contributed by atoms with E-state index in [1.54, 1.807) is 0 Å². The second kappa shape index (κ2) is 7.68. The Balaban J connectivity index is 2.08. The predicted octanol–water partition coefficient (Wildman–Crippen LogP) is 5.11. The molecular formula is C23H22Cl2F2N2O3. The third kappa shape index (κ3) is 3.38. The first-order chi connectivity index (χ1) is 14.9. The number of hydrogen-bond donors (Lipinski definition) is 3. The molecule has 2 aromatic carbocycles. The Morgan fingerprint density at radius 2 is 1.91 bits per heavy atom. The van der Waals surface area contributed by atoms with Gasteiger partial charge in [0, 0.05) is 28.2 Å². The van der Waals surface area contributed by atoms with Gasteiger partial charge >= 0.3 is 5.97 Å². The van der Waals surface area contributed by atoms with Gasteiger partial charge in [-0.1, -0.05) is 56.1 Å². The standard InChI is InChI=1S/C23H22Cl2F2N2O3/c1-22(2,3)9-15-23(17-13(26)7-10(24)8-14(17)28-21(23)32)16(19(29-15)20(30)31)11-5-4-6-12(25)18(11)27/h4-8,15-16,19,29H,9H2,1-3H3,(H,28,32)(H,30,31)/t15-,16+,19+,23?/m0/s1. The van der Waals surface area contributed by atoms with Crippen molar-refractivity contribution in [3.05, 3.63) is 63.1 Å². The summed E-state index contributed by atoms with van der Waals surface area (Å²) in [4.78, 5) is 26.0. The Labute approximate surface area is 194 Å². The summed E-state index contributed by atoms with van der Waals surface area (Å²) >= 11 is 12.0. The highest BCUT2D eigenvalue weighted by molar-refractivity contribution is 6.31. The summed E-state index contributed by atoms with van der Waals surface area (Å²) in [5, 5.41) is 15.6. The molecule has 0 radical (unpaired) electrons. The molecule has 0 aromatic heterocycles. The van der Waals surface area contributed by atoms with Crippen molar-refractivity contribution in [2.24, 2.45) is 5.41 Å². The summed E-state index contributed by atoms with van der Waals surface area (Å²) in [5.41, 5.74) is -2.01. The topological polar surface area (TPSA) is 78.4 Å². The van der Waals surface area contributed by atoms with Crippen LogP contribution in [0.5, 0.6) is 0 Å². The quantitative estimate of drug-likeness (QED) is 0.568. The van der Waals surface area contributed by atoms with Gasteiger partial charge in [0.05, 0.1) is 5.02 Å². The minimum atomic E-state index is -1.73. The lowest BCUT2D eigenvalue weighted by Crippen LogP contribution is -2.50. The Hall–Kier alpha value is -2.22. The van der Waals surface area contributed by atoms with Crippen LogP contribution in [0.4, 0.5) is 14.5 Å². The molecule has 1 fully saturated rings. The fourth-order valence-corrected chi connectivity index (χ4v) is 5.60. The van der Waals surface area contributed by atoms with E-state index in [0.717, 1.165) is 6.07 Å². The highest BCUT2D eigenvalue weighted by Gasteiger charge is 2.67. The average molecular weight is 483 g/mol. The number of carboxylic acids is 1. The molecule has 2 aromatic rings. The van der Waals surface area contributed by atoms with Crippen LogP contribution in [0.3, 0.4) is 0 Å². The lowest BCUT2D eigenvalue weighted by molar-refractivity contribution is -0.139. The molecule has 1 amide bonds. The number of rotatable bonds is 3. The first-order valence-electron chi connectivity index (χ1n) is 10.1. The zero-order valence-corrected chi connectivity index (χ0v) is 19.1. The molecule has 32 heavy (non-hydrogen) atoms. The summed E-state index contributed by atoms with van der Waals surface area (Å²) < 4.78 is 30.7. The highest BCUT2D eigenvalue weighted by Crippen LogP contribution is 2.57. The van der Waals surface area contributed by atoms with Crippen LogP contribution >= 0.6 is 23.2 Å². The van der Waals surface area contributed by atoms with Crippen LogP contribution in [-0.4, -0.2) is 29.1 Å². The number of halogens is 4. The van der Waals surface area contributed by atoms with Gasteiger partial charge in [-0.2, -0.15) is 0 Å². The Bertz CT molecular complexity index is 1130. The smallest absolute Gasteiger partial charge is 0.321 e. The molecule has 3 N–H and O–H groups in total. The van der Waals surface area contributed by atoms with Gasteiger partial charge in [-0.15, -0.1) is 0 Å². The lowest BCUT2D eigenvalue weighted by Gasteiger charge is -2.37. The maximum absolute atomic E-state index is 15.5. The van der Waals surface area contributed by atoms with E-state index < -0.39 is 46.9 Å². The van der Waals surface area contributed by atoms with E-state index in [2.05, 4.69) is 10.6 Å². The molecule has 9 heteroatoms. The SMILES string of the molecule is CC(C)(C)C[C@@H]1N[C@@H](C(=O)O)[C@@H](c2cccc(Cl)c2F)C12C(=O)Nc1cc(Cl)cc(F)c12. The van der Waals surface area contributed by atoms with Gasteiger partial charge in [-0.25, -0.2) is 8.78 Å². The van der Waals surface area contributed by atoms with E-state index in [-0.39, 0.29) is 32.3 Å². The molecule has 4 rings (SSSR count). The number of carbonyl (C=O) groups excluding carboxylic acids is 1. The molecule has 1 spiro atoms. The molecule has 0 saturated carbocycles. The van der Waals surface area contributed by atoms with Crippen molar-refractivity contribution in [2.45, 2.75) is 50.6 Å². The molecule has 4 atom stereocenters. The number of nitrogens with one attached hydrogen (secondary N) is 2. The van der Waals surface area contributed by atoms with Crippen molar-refractivity contribution >= 4 is 40.8 Å². The van der Waals surface area contributed by atoms with Crippen molar-refractivity contribution < 1.29 is 23.5 Å². The average Bonchev–Trinajstić information content (AvgIpc) is 3.13. The van der Waals surface area contributed by atoms with Gasteiger partial charge in [0.15, 0.2) is 0 Å². The Kier molecular flexibility index (Phi) is 5.51. The van der Waals surface area contributed by atoms with Gasteiger partial charge in [0.2, 0.25) is 5.91 Å². The van der Waals surface area contributed by atoms with Gasteiger partial charge in [-0.05, 0) is 35.6 Å². The summed E-state index contributed by atoms with van der Waals surface area (Å²) in [6.45, 7) is 5.78. The summed E-state index contributed by atoms with van der Waals surface area (Å²) in [5.74, 6) is -4.74. The molecule has 2 aliphatic heterocycles. The largest absolute Gasteiger partial charge is 0.480 e. The number of carboxylic acid groups (broad SMARTS) is 1. The number of anilines is 1. The Morgan fingerprint density at radius 3 is 2.53 bits per heavy atom. The molecule has 2 heterocycles. The van der Waals surface area contributed by atoms with Crippen molar-refractivity contribution in [3.8, 4) is 0 Å². The highest BCUT2D eigenvalue weighted by atomic mass is 35.5. The van der Waals surface area contributed by atoms with Crippen LogP contribution in [0.25, 0.3) is 0 Å². The maximum Gasteiger partial charge on any atom is 0.321 e. The van der Waals surface area contributed by atoms with Gasteiger partial charge in [0.1, 0.15) is 23.1 Å². The van der Waals surface area contributed by atoms with Crippen molar-refractivity contribution in [1.29, 1.82) is 0 Å². The number of carbonyl (C=O) groups is 2. The van der Waals surface area contributed by atoms with Crippen molar-refractivity contribution in [3.63, 3.8) is 0 Å². The van der Waals surface area contributed by atoms with Gasteiger partial charge in [-0.3, -0.25) is 14.9 Å². The van der Waals surface area contributed by atoms with Crippen LogP contribution in [0, 0.1) is 17.0 Å². The number of benzene rings is 2. The first kappa shape index (κ1) is 23.0. The molecule has 0 bridgehead atoms. The molecule has 2 aliphatic rings. The predicted molar refractivity (Wildman–Crippen MR) is 118 cm³/mol. The summed E-state index contributed by atoms with van der Waals surface area (Å²) in [6, 6.07) is 4.54. The molecule has 170 valence electrons. The van der Waals surface area contributed by atoms with Crippen LogP contribution in [0.2, 0.25) is 10.0 Å². The monoisotopic (exact) mass is 482 g/mol. The Morgan fingerprint density at radius 1 is 1.22 bits per heavy atom. The van der Waals surface area contributed by atoms with Crippen LogP contribution in [0.15, 0.2) is 30.3 Å². The van der Waals surface area contributed by atoms with Crippen LogP contribution < -0.4 is 10.6 Å². The zero-order chi connectivity index (χ0) is 23.6. The minimum absolute atomic E-state index is 0.0122. The van der Waals surface area contributed by atoms with E-state index in [1.807, 2.05) is 20.8 Å². The number of aliphatic carboxylic acids is 1. The van der Waals surface area contributed by atoms with Crippen LogP contribution in [-0.2, 0) is 15.0 Å². The lowest BCUT2D eigenvalue weighted by atomic mass is 9.62. The van der Waals surface area contributed by atoms with Crippen LogP contribution in [0.1, 0.15) is 44.2 Å². The van der Waals surface area contributed by atoms with E-state index in [4.69, 9.17) is 23.2 Å². The molecular weight excluding hydrogens is 461 g/mol. The second-order valence-corrected chi connectivity index (χ2v) is 10.4. The first-order valence-corrected chi connectivity index (χ1v) is 10.9. The normalized spacial score (nSPS) is 27.0. The number of hydrogen-bond acceptors (Lipinski definition) is 3. The summed E-state index contributed by atoms with van der Waals surface area (Å²) in [7, 11) is 0. The zero-order valence-electron chi connectivity index (χ0n) is 17.6.